The number of aromatic nitrogens is 2. The van der Waals surface area contributed by atoms with E-state index in [1.807, 2.05) is 12.1 Å². The normalized spacial score (nSPS) is 19.2. The van der Waals surface area contributed by atoms with Gasteiger partial charge in [0.05, 0.1) is 6.54 Å². The van der Waals surface area contributed by atoms with Gasteiger partial charge >= 0.3 is 18.2 Å². The maximum atomic E-state index is 13.1. The van der Waals surface area contributed by atoms with Gasteiger partial charge in [0.1, 0.15) is 11.7 Å². The number of hydrogen-bond acceptors (Lipinski definition) is 10. The van der Waals surface area contributed by atoms with Crippen LogP contribution in [0.2, 0.25) is 0 Å². The van der Waals surface area contributed by atoms with Crippen molar-refractivity contribution in [1.29, 1.82) is 0 Å². The number of likely N-dealkylation sites (tertiary alicyclic amines) is 2. The summed E-state index contributed by atoms with van der Waals surface area (Å²) in [5.74, 6) is -0.184. The molecule has 1 aromatic heterocycles. The molecule has 2 fully saturated rings. The number of carbonyl (C=O) groups is 4. The second kappa shape index (κ2) is 15.8. The summed E-state index contributed by atoms with van der Waals surface area (Å²) in [5, 5.41) is 5.76. The molecule has 0 radical (unpaired) electrons. The minimum Gasteiger partial charge on any atom is -0.573 e. The van der Waals surface area contributed by atoms with Crippen LogP contribution < -0.4 is 20.1 Å². The first kappa shape index (κ1) is 35.2. The Morgan fingerprint density at radius 3 is 2.35 bits per heavy atom. The van der Waals surface area contributed by atoms with E-state index in [0.29, 0.717) is 51.9 Å². The predicted molar refractivity (Wildman–Crippen MR) is 177 cm³/mol. The fraction of sp³-hybridized carbons (Fsp3) is 0.562. The van der Waals surface area contributed by atoms with Crippen LogP contribution in [0.4, 0.5) is 20.2 Å². The highest BCUT2D eigenvalue weighted by molar-refractivity contribution is 7.88. The quantitative estimate of drug-likeness (QED) is 0.301. The van der Waals surface area contributed by atoms with Gasteiger partial charge in [0.15, 0.2) is 23.1 Å². The van der Waals surface area contributed by atoms with Crippen LogP contribution in [0, 0.1) is 5.92 Å². The fourth-order valence-corrected chi connectivity index (χ4v) is 6.70. The molecule has 3 aliphatic rings. The Labute approximate surface area is 283 Å². The number of nitrogens with one attached hydrogen (secondary N) is 4. The van der Waals surface area contributed by atoms with E-state index in [4.69, 9.17) is 9.47 Å². The lowest BCUT2D eigenvalue weighted by Gasteiger charge is -2.33. The molecule has 2 saturated heterocycles. The van der Waals surface area contributed by atoms with E-state index in [-0.39, 0.29) is 36.0 Å². The molecule has 16 heteroatoms. The molecule has 0 bridgehead atoms. The Morgan fingerprint density at radius 2 is 1.67 bits per heavy atom. The molecule has 5 rings (SSSR count). The molecule has 0 spiro atoms. The lowest BCUT2D eigenvalue weighted by molar-refractivity contribution is -0.000291. The number of fused-ring (bicyclic) bond motifs is 1. The average Bonchev–Trinajstić information content (AvgIpc) is 3.46. The Morgan fingerprint density at radius 1 is 0.979 bits per heavy atom. The maximum Gasteiger partial charge on any atom is 0.450 e. The zero-order chi connectivity index (χ0) is 34.3. The smallest absolute Gasteiger partial charge is 0.450 e. The topological polar surface area (TPSA) is 190 Å². The van der Waals surface area contributed by atoms with Crippen molar-refractivity contribution < 1.29 is 33.2 Å². The minimum atomic E-state index is -1.88. The van der Waals surface area contributed by atoms with E-state index in [0.717, 1.165) is 12.8 Å². The van der Waals surface area contributed by atoms with Crippen molar-refractivity contribution in [2.24, 2.45) is 5.92 Å². The van der Waals surface area contributed by atoms with Crippen LogP contribution >= 0.6 is 0 Å². The maximum absolute atomic E-state index is 13.1. The first-order valence-electron chi connectivity index (χ1n) is 16.3. The Hall–Kier alpha value is -4.15. The van der Waals surface area contributed by atoms with E-state index in [2.05, 4.69) is 42.2 Å². The molecule has 4 N–H and O–H groups in total. The van der Waals surface area contributed by atoms with E-state index in [9.17, 15) is 23.7 Å². The molecule has 2 aromatic rings. The van der Waals surface area contributed by atoms with Crippen LogP contribution in [0.5, 0.6) is 0 Å². The van der Waals surface area contributed by atoms with Crippen molar-refractivity contribution in [3.63, 3.8) is 0 Å². The first-order chi connectivity index (χ1) is 22.9. The van der Waals surface area contributed by atoms with Crippen molar-refractivity contribution in [1.82, 2.24) is 34.5 Å². The molecule has 3 heterocycles. The second-order valence-electron chi connectivity index (χ2n) is 13.3. The molecule has 5 amide bonds. The highest BCUT2D eigenvalue weighted by atomic mass is 32.2. The van der Waals surface area contributed by atoms with Crippen molar-refractivity contribution in [2.45, 2.75) is 77.0 Å². The van der Waals surface area contributed by atoms with Gasteiger partial charge in [-0.3, -0.25) is 10.1 Å². The third kappa shape index (κ3) is 9.93. The Kier molecular flexibility index (Phi) is 11.6. The molecule has 2 unspecified atom stereocenters. The standard InChI is InChI=1S/C32H44N8O7S/c1-32(2,3)47-31(44)40-14-6-9-25(20-40)46-30(43)38-48(45)35-19-21-10-15-39(16-11-21)29(42)37-27-26(33-12-13-34-27)28(41)36-24-17-22-7-4-5-8-23(22)18-24/h4-5,7-8,12-13,21,24-25,35H,6,9-11,14-20H2,1-3H3,(H,36,41)(H,38,43)(H,34,37,42). The van der Waals surface area contributed by atoms with Gasteiger partial charge in [-0.15, -0.1) is 9.44 Å². The molecular formula is C32H44N8O7S. The number of anilines is 1. The fourth-order valence-electron chi connectivity index (χ4n) is 6.04. The molecule has 1 aromatic carbocycles. The van der Waals surface area contributed by atoms with Gasteiger partial charge in [0.25, 0.3) is 5.91 Å². The van der Waals surface area contributed by atoms with Crippen molar-refractivity contribution in [2.75, 3.05) is 38.0 Å². The lowest BCUT2D eigenvalue weighted by atomic mass is 9.97. The summed E-state index contributed by atoms with van der Waals surface area (Å²) >= 11 is -1.88. The van der Waals surface area contributed by atoms with Crippen LogP contribution in [-0.4, -0.2) is 98.9 Å². The van der Waals surface area contributed by atoms with E-state index in [1.165, 1.54) is 28.4 Å². The number of rotatable bonds is 8. The molecule has 15 nitrogen and oxygen atoms in total. The van der Waals surface area contributed by atoms with Gasteiger partial charge < -0.3 is 29.1 Å². The van der Waals surface area contributed by atoms with Crippen molar-refractivity contribution in [3.8, 4) is 0 Å². The van der Waals surface area contributed by atoms with Crippen LogP contribution in [0.25, 0.3) is 0 Å². The molecule has 2 aliphatic heterocycles. The third-order valence-electron chi connectivity index (χ3n) is 8.41. The summed E-state index contributed by atoms with van der Waals surface area (Å²) in [6, 6.07) is 7.65. The number of benzene rings is 1. The van der Waals surface area contributed by atoms with Crippen molar-refractivity contribution >= 4 is 41.5 Å². The van der Waals surface area contributed by atoms with E-state index >= 15 is 0 Å². The average molecular weight is 685 g/mol. The summed E-state index contributed by atoms with van der Waals surface area (Å²) in [6.07, 6.45) is 5.00. The molecule has 0 saturated carbocycles. The predicted octanol–water partition coefficient (Wildman–Crippen LogP) is 2.91. The Bertz CT molecular complexity index is 1440. The number of nitrogens with zero attached hydrogens (tertiary/aromatic N) is 4. The molecule has 2 atom stereocenters. The molecule has 1 aliphatic carbocycles. The highest BCUT2D eigenvalue weighted by Gasteiger charge is 2.31. The van der Waals surface area contributed by atoms with Crippen LogP contribution in [0.1, 0.15) is 68.1 Å². The highest BCUT2D eigenvalue weighted by Crippen LogP contribution is 2.23. The summed E-state index contributed by atoms with van der Waals surface area (Å²) in [7, 11) is 0. The van der Waals surface area contributed by atoms with Gasteiger partial charge in [0.2, 0.25) is 0 Å². The zero-order valence-corrected chi connectivity index (χ0v) is 28.3. The molecule has 48 heavy (non-hydrogen) atoms. The lowest BCUT2D eigenvalue weighted by Crippen LogP contribution is -2.49. The summed E-state index contributed by atoms with van der Waals surface area (Å²) < 4.78 is 28.4. The first-order valence-corrected chi connectivity index (χ1v) is 17.4. The number of carbonyl (C=O) groups excluding carboxylic acids is 4. The van der Waals surface area contributed by atoms with Crippen LogP contribution in [-0.2, 0) is 33.9 Å². The van der Waals surface area contributed by atoms with Crippen LogP contribution in [0.3, 0.4) is 0 Å². The summed E-state index contributed by atoms with van der Waals surface area (Å²) in [5.41, 5.74) is 1.85. The van der Waals surface area contributed by atoms with Crippen LogP contribution in [0.15, 0.2) is 36.7 Å². The van der Waals surface area contributed by atoms with E-state index in [1.54, 1.807) is 25.7 Å². The largest absolute Gasteiger partial charge is 0.573 e. The summed E-state index contributed by atoms with van der Waals surface area (Å²) in [4.78, 5) is 62.4. The SMILES string of the molecule is CC(C)(C)OC(=O)N1CCCC(OC(=O)N[S+]([O-])NCC2CCN(C(=O)Nc3nccnc3C(=O)NC3Cc4ccccc4C3)CC2)C1. The zero-order valence-electron chi connectivity index (χ0n) is 27.5. The van der Waals surface area contributed by atoms with Gasteiger partial charge in [-0.1, -0.05) is 24.3 Å². The number of ether oxygens (including phenoxy) is 2. The number of amides is 5. The summed E-state index contributed by atoms with van der Waals surface area (Å²) in [6.45, 7) is 7.32. The minimum absolute atomic E-state index is 0.0539. The van der Waals surface area contributed by atoms with Crippen molar-refractivity contribution in [3.05, 3.63) is 53.5 Å². The number of hydrogen-bond donors (Lipinski definition) is 4. The third-order valence-corrected chi connectivity index (χ3v) is 9.19. The van der Waals surface area contributed by atoms with E-state index < -0.39 is 41.3 Å². The molecule has 260 valence electrons. The number of piperidine rings is 2. The van der Waals surface area contributed by atoms with Gasteiger partial charge in [0, 0.05) is 44.6 Å². The second-order valence-corrected chi connectivity index (χ2v) is 14.3. The Balaban J connectivity index is 1.00. The molecular weight excluding hydrogens is 640 g/mol. The number of urea groups is 1. The van der Waals surface area contributed by atoms with Gasteiger partial charge in [-0.25, -0.2) is 24.4 Å². The van der Waals surface area contributed by atoms with Gasteiger partial charge in [-0.05, 0) is 76.3 Å². The monoisotopic (exact) mass is 684 g/mol. The van der Waals surface area contributed by atoms with Gasteiger partial charge in [-0.2, -0.15) is 0 Å².